The van der Waals surface area contributed by atoms with Crippen molar-refractivity contribution in [3.8, 4) is 17.2 Å². The third-order valence-electron chi connectivity index (χ3n) is 3.71. The average molecular weight is 330 g/mol. The normalized spacial score (nSPS) is 10.7. The standard InChI is InChI=1S/C19H26N2O3/c1-21(10-5-11-24-17-7-4-6-16(20)13-17)14-15-8-9-18(22-2)19(12-15)23-3/h4,6-9,12-13H,5,10-11,14,20H2,1-3H3. The molecule has 24 heavy (non-hydrogen) atoms. The molecule has 0 aliphatic carbocycles. The van der Waals surface area contributed by atoms with Crippen LogP contribution >= 0.6 is 0 Å². The van der Waals surface area contributed by atoms with E-state index in [-0.39, 0.29) is 0 Å². The van der Waals surface area contributed by atoms with Gasteiger partial charge in [-0.2, -0.15) is 0 Å². The molecule has 0 saturated heterocycles. The van der Waals surface area contributed by atoms with Crippen LogP contribution in [0.1, 0.15) is 12.0 Å². The Morgan fingerprint density at radius 2 is 1.79 bits per heavy atom. The minimum Gasteiger partial charge on any atom is -0.493 e. The van der Waals surface area contributed by atoms with E-state index in [4.69, 9.17) is 19.9 Å². The molecule has 2 rings (SSSR count). The highest BCUT2D eigenvalue weighted by molar-refractivity contribution is 5.44. The number of ether oxygens (including phenoxy) is 3. The van der Waals surface area contributed by atoms with Crippen molar-refractivity contribution < 1.29 is 14.2 Å². The van der Waals surface area contributed by atoms with Gasteiger partial charge in [-0.05, 0) is 43.3 Å². The van der Waals surface area contributed by atoms with Crippen molar-refractivity contribution >= 4 is 5.69 Å². The second-order valence-corrected chi connectivity index (χ2v) is 5.70. The van der Waals surface area contributed by atoms with Gasteiger partial charge in [0.2, 0.25) is 0 Å². The first-order valence-electron chi connectivity index (χ1n) is 8.00. The van der Waals surface area contributed by atoms with Gasteiger partial charge in [-0.1, -0.05) is 12.1 Å². The van der Waals surface area contributed by atoms with Gasteiger partial charge in [0.1, 0.15) is 5.75 Å². The van der Waals surface area contributed by atoms with E-state index in [2.05, 4.69) is 18.0 Å². The monoisotopic (exact) mass is 330 g/mol. The smallest absolute Gasteiger partial charge is 0.161 e. The summed E-state index contributed by atoms with van der Waals surface area (Å²) in [5.41, 5.74) is 7.64. The highest BCUT2D eigenvalue weighted by Gasteiger charge is 2.06. The van der Waals surface area contributed by atoms with Gasteiger partial charge in [-0.3, -0.25) is 0 Å². The summed E-state index contributed by atoms with van der Waals surface area (Å²) in [5, 5.41) is 0. The summed E-state index contributed by atoms with van der Waals surface area (Å²) in [4.78, 5) is 2.25. The first kappa shape index (κ1) is 17.9. The van der Waals surface area contributed by atoms with E-state index in [0.717, 1.165) is 42.4 Å². The SMILES string of the molecule is COc1ccc(CN(C)CCCOc2cccc(N)c2)cc1OC. The Morgan fingerprint density at radius 3 is 2.50 bits per heavy atom. The van der Waals surface area contributed by atoms with E-state index in [1.165, 1.54) is 5.56 Å². The summed E-state index contributed by atoms with van der Waals surface area (Å²) in [7, 11) is 5.39. The summed E-state index contributed by atoms with van der Waals surface area (Å²) in [6, 6.07) is 13.5. The van der Waals surface area contributed by atoms with Gasteiger partial charge in [0.25, 0.3) is 0 Å². The summed E-state index contributed by atoms with van der Waals surface area (Å²) in [5.74, 6) is 2.32. The maximum atomic E-state index is 5.73. The minimum absolute atomic E-state index is 0.666. The summed E-state index contributed by atoms with van der Waals surface area (Å²) in [6.45, 7) is 2.45. The molecule has 0 unspecified atom stereocenters. The van der Waals surface area contributed by atoms with Crippen LogP contribution in [-0.4, -0.2) is 39.3 Å². The van der Waals surface area contributed by atoms with E-state index in [0.29, 0.717) is 6.61 Å². The van der Waals surface area contributed by atoms with Crippen LogP contribution in [0.4, 0.5) is 5.69 Å². The molecular formula is C19H26N2O3. The highest BCUT2D eigenvalue weighted by atomic mass is 16.5. The van der Waals surface area contributed by atoms with Crippen molar-refractivity contribution in [3.05, 3.63) is 48.0 Å². The third-order valence-corrected chi connectivity index (χ3v) is 3.71. The van der Waals surface area contributed by atoms with Gasteiger partial charge in [-0.15, -0.1) is 0 Å². The zero-order chi connectivity index (χ0) is 17.4. The Bertz CT molecular complexity index is 646. The molecule has 0 fully saturated rings. The van der Waals surface area contributed by atoms with Gasteiger partial charge in [0.15, 0.2) is 11.5 Å². The molecule has 0 radical (unpaired) electrons. The maximum Gasteiger partial charge on any atom is 0.161 e. The number of benzene rings is 2. The fourth-order valence-corrected chi connectivity index (χ4v) is 2.50. The lowest BCUT2D eigenvalue weighted by Gasteiger charge is -2.18. The summed E-state index contributed by atoms with van der Waals surface area (Å²) >= 11 is 0. The zero-order valence-electron chi connectivity index (χ0n) is 14.6. The molecule has 0 amide bonds. The lowest BCUT2D eigenvalue weighted by molar-refractivity contribution is 0.258. The van der Waals surface area contributed by atoms with Gasteiger partial charge in [-0.25, -0.2) is 0 Å². The molecule has 2 aromatic carbocycles. The molecule has 0 aliphatic rings. The number of anilines is 1. The minimum atomic E-state index is 0.666. The number of nitrogen functional groups attached to an aromatic ring is 1. The molecule has 5 nitrogen and oxygen atoms in total. The second kappa shape index (κ2) is 9.03. The Balaban J connectivity index is 1.76. The van der Waals surface area contributed by atoms with Crippen LogP contribution in [0, 0.1) is 0 Å². The number of nitrogens with zero attached hydrogens (tertiary/aromatic N) is 1. The molecule has 130 valence electrons. The number of hydrogen-bond acceptors (Lipinski definition) is 5. The van der Waals surface area contributed by atoms with Gasteiger partial charge < -0.3 is 24.8 Å². The fourth-order valence-electron chi connectivity index (χ4n) is 2.50. The van der Waals surface area contributed by atoms with Crippen LogP contribution in [0.25, 0.3) is 0 Å². The van der Waals surface area contributed by atoms with Crippen LogP contribution < -0.4 is 19.9 Å². The molecule has 0 aliphatic heterocycles. The highest BCUT2D eigenvalue weighted by Crippen LogP contribution is 2.27. The van der Waals surface area contributed by atoms with Crippen molar-refractivity contribution in [1.29, 1.82) is 0 Å². The first-order valence-corrected chi connectivity index (χ1v) is 8.00. The quantitative estimate of drug-likeness (QED) is 0.565. The van der Waals surface area contributed by atoms with Crippen LogP contribution in [-0.2, 0) is 6.54 Å². The number of rotatable bonds is 9. The second-order valence-electron chi connectivity index (χ2n) is 5.70. The molecule has 5 heteroatoms. The molecule has 0 bridgehead atoms. The van der Waals surface area contributed by atoms with Crippen molar-refractivity contribution in [2.45, 2.75) is 13.0 Å². The van der Waals surface area contributed by atoms with E-state index >= 15 is 0 Å². The van der Waals surface area contributed by atoms with Gasteiger partial charge in [0.05, 0.1) is 20.8 Å². The fraction of sp³-hybridized carbons (Fsp3) is 0.368. The topological polar surface area (TPSA) is 57.0 Å². The summed E-state index contributed by atoms with van der Waals surface area (Å²) in [6.07, 6.45) is 0.943. The van der Waals surface area contributed by atoms with Crippen molar-refractivity contribution in [3.63, 3.8) is 0 Å². The Labute approximate surface area is 143 Å². The molecule has 2 aromatic rings. The zero-order valence-corrected chi connectivity index (χ0v) is 14.6. The van der Waals surface area contributed by atoms with Gasteiger partial charge >= 0.3 is 0 Å². The lowest BCUT2D eigenvalue weighted by atomic mass is 10.2. The van der Waals surface area contributed by atoms with E-state index < -0.39 is 0 Å². The molecular weight excluding hydrogens is 304 g/mol. The average Bonchev–Trinajstić information content (AvgIpc) is 2.58. The van der Waals surface area contributed by atoms with Crippen LogP contribution in [0.15, 0.2) is 42.5 Å². The predicted molar refractivity (Wildman–Crippen MR) is 96.8 cm³/mol. The Kier molecular flexibility index (Phi) is 6.75. The largest absolute Gasteiger partial charge is 0.493 e. The van der Waals surface area contributed by atoms with Gasteiger partial charge in [0, 0.05) is 24.8 Å². The van der Waals surface area contributed by atoms with E-state index in [1.54, 1.807) is 14.2 Å². The Morgan fingerprint density at radius 1 is 1.00 bits per heavy atom. The predicted octanol–water partition coefficient (Wildman–Crippen LogP) is 3.19. The van der Waals surface area contributed by atoms with Crippen LogP contribution in [0.5, 0.6) is 17.2 Å². The maximum absolute atomic E-state index is 5.73. The summed E-state index contributed by atoms with van der Waals surface area (Å²) < 4.78 is 16.3. The van der Waals surface area contributed by atoms with Crippen molar-refractivity contribution in [2.75, 3.05) is 40.2 Å². The third kappa shape index (κ3) is 5.35. The molecule has 0 aromatic heterocycles. The van der Waals surface area contributed by atoms with Crippen LogP contribution in [0.2, 0.25) is 0 Å². The van der Waals surface area contributed by atoms with Crippen molar-refractivity contribution in [1.82, 2.24) is 4.90 Å². The van der Waals surface area contributed by atoms with Crippen molar-refractivity contribution in [2.24, 2.45) is 0 Å². The first-order chi connectivity index (χ1) is 11.6. The molecule has 0 spiro atoms. The lowest BCUT2D eigenvalue weighted by Crippen LogP contribution is -2.20. The van der Waals surface area contributed by atoms with Crippen LogP contribution in [0.3, 0.4) is 0 Å². The molecule has 0 saturated carbocycles. The molecule has 0 atom stereocenters. The van der Waals surface area contributed by atoms with E-state index in [1.807, 2.05) is 36.4 Å². The molecule has 2 N–H and O–H groups in total. The Hall–Kier alpha value is -2.40. The van der Waals surface area contributed by atoms with E-state index in [9.17, 15) is 0 Å². The number of nitrogens with two attached hydrogens (primary N) is 1. The molecule has 0 heterocycles. The number of methoxy groups -OCH3 is 2. The number of hydrogen-bond donors (Lipinski definition) is 1.